The molecular weight excluding hydrogens is 492 g/mol. The van der Waals surface area contributed by atoms with E-state index in [-0.39, 0.29) is 43.8 Å². The normalized spacial score (nSPS) is 11.9. The van der Waals surface area contributed by atoms with Crippen LogP contribution in [-0.2, 0) is 39.9 Å². The maximum atomic E-state index is 12.8. The van der Waals surface area contributed by atoms with Gasteiger partial charge in [-0.2, -0.15) is 0 Å². The fraction of sp³-hybridized carbons (Fsp3) is 0.643. The van der Waals surface area contributed by atoms with Gasteiger partial charge in [0.05, 0.1) is 13.2 Å². The van der Waals surface area contributed by atoms with Crippen molar-refractivity contribution in [3.63, 3.8) is 0 Å². The Morgan fingerprint density at radius 2 is 1.66 bits per heavy atom. The molecule has 0 saturated heterocycles. The van der Waals surface area contributed by atoms with E-state index >= 15 is 0 Å². The predicted molar refractivity (Wildman–Crippen MR) is 142 cm³/mol. The van der Waals surface area contributed by atoms with Crippen LogP contribution in [0.3, 0.4) is 0 Å². The van der Waals surface area contributed by atoms with Gasteiger partial charge in [0.2, 0.25) is 5.91 Å². The fourth-order valence-corrected chi connectivity index (χ4v) is 3.38. The molecule has 1 aromatic carbocycles. The van der Waals surface area contributed by atoms with E-state index in [1.165, 1.54) is 0 Å². The molecule has 214 valence electrons. The first-order valence-corrected chi connectivity index (χ1v) is 13.2. The predicted octanol–water partition coefficient (Wildman–Crippen LogP) is 3.70. The highest BCUT2D eigenvalue weighted by atomic mass is 16.6. The number of carbonyl (C=O) groups is 4. The third-order valence-electron chi connectivity index (χ3n) is 5.24. The molecule has 0 aromatic heterocycles. The van der Waals surface area contributed by atoms with Crippen LogP contribution in [0, 0.1) is 0 Å². The Morgan fingerprint density at radius 3 is 2.34 bits per heavy atom. The van der Waals surface area contributed by atoms with Gasteiger partial charge in [0.25, 0.3) is 0 Å². The summed E-state index contributed by atoms with van der Waals surface area (Å²) in [4.78, 5) is 48.9. The topological polar surface area (TPSA) is 129 Å². The standard InChI is InChI=1S/C28H44N2O8/c1-28(2,3)38-25(32)16-11-17-29-26(33)24(30-27(34)37-20-22-12-7-5-8-13-22)15-10-6-9-14-23(31)21-36-19-18-35-4/h5,7-8,12-13,24H,6,9-11,14-21H2,1-4H3,(H,29,33)(H,30,34)/t24-/m0/s1. The summed E-state index contributed by atoms with van der Waals surface area (Å²) >= 11 is 0. The Bertz CT molecular complexity index is 839. The van der Waals surface area contributed by atoms with Gasteiger partial charge in [0, 0.05) is 26.5 Å². The number of esters is 1. The minimum Gasteiger partial charge on any atom is -0.460 e. The van der Waals surface area contributed by atoms with E-state index in [4.69, 9.17) is 18.9 Å². The van der Waals surface area contributed by atoms with Crippen molar-refractivity contribution in [2.24, 2.45) is 0 Å². The van der Waals surface area contributed by atoms with Crippen molar-refractivity contribution in [3.8, 4) is 0 Å². The molecule has 0 heterocycles. The molecule has 38 heavy (non-hydrogen) atoms. The van der Waals surface area contributed by atoms with Gasteiger partial charge < -0.3 is 29.6 Å². The lowest BCUT2D eigenvalue weighted by Gasteiger charge is -2.20. The van der Waals surface area contributed by atoms with E-state index in [2.05, 4.69) is 10.6 Å². The van der Waals surface area contributed by atoms with Crippen LogP contribution in [0.1, 0.15) is 71.3 Å². The van der Waals surface area contributed by atoms with E-state index in [0.29, 0.717) is 51.7 Å². The van der Waals surface area contributed by atoms with Gasteiger partial charge in [-0.1, -0.05) is 43.2 Å². The van der Waals surface area contributed by atoms with E-state index in [9.17, 15) is 19.2 Å². The van der Waals surface area contributed by atoms with E-state index in [1.54, 1.807) is 27.9 Å². The van der Waals surface area contributed by atoms with Crippen molar-refractivity contribution >= 4 is 23.8 Å². The number of benzene rings is 1. The molecule has 0 aliphatic carbocycles. The van der Waals surface area contributed by atoms with Crippen molar-refractivity contribution in [1.82, 2.24) is 10.6 Å². The Hall–Kier alpha value is -2.98. The van der Waals surface area contributed by atoms with Gasteiger partial charge in [-0.15, -0.1) is 0 Å². The third kappa shape index (κ3) is 17.5. The summed E-state index contributed by atoms with van der Waals surface area (Å²) in [5, 5.41) is 5.42. The van der Waals surface area contributed by atoms with Gasteiger partial charge >= 0.3 is 12.1 Å². The lowest BCUT2D eigenvalue weighted by Crippen LogP contribution is -2.47. The number of rotatable bonds is 19. The average molecular weight is 537 g/mol. The van der Waals surface area contributed by atoms with Gasteiger partial charge in [0.15, 0.2) is 5.78 Å². The van der Waals surface area contributed by atoms with Crippen molar-refractivity contribution < 1.29 is 38.1 Å². The number of unbranched alkanes of at least 4 members (excludes halogenated alkanes) is 2. The van der Waals surface area contributed by atoms with Crippen LogP contribution in [-0.4, -0.2) is 68.9 Å². The number of methoxy groups -OCH3 is 1. The summed E-state index contributed by atoms with van der Waals surface area (Å²) < 4.78 is 20.6. The van der Waals surface area contributed by atoms with Crippen molar-refractivity contribution in [3.05, 3.63) is 35.9 Å². The Balaban J connectivity index is 2.47. The summed E-state index contributed by atoms with van der Waals surface area (Å²) in [5.74, 6) is -0.666. The second-order valence-corrected chi connectivity index (χ2v) is 9.92. The van der Waals surface area contributed by atoms with Crippen LogP contribution in [0.5, 0.6) is 0 Å². The van der Waals surface area contributed by atoms with Gasteiger partial charge in [-0.05, 0) is 45.6 Å². The first-order valence-electron chi connectivity index (χ1n) is 13.2. The zero-order valence-corrected chi connectivity index (χ0v) is 23.2. The maximum Gasteiger partial charge on any atom is 0.408 e. The van der Waals surface area contributed by atoms with Crippen molar-refractivity contribution in [2.45, 2.75) is 84.0 Å². The molecule has 2 N–H and O–H groups in total. The molecule has 0 saturated carbocycles. The second kappa shape index (κ2) is 19.1. The molecule has 0 aliphatic heterocycles. The van der Waals surface area contributed by atoms with E-state index in [0.717, 1.165) is 5.56 Å². The second-order valence-electron chi connectivity index (χ2n) is 9.92. The molecule has 0 bridgehead atoms. The molecule has 0 aliphatic rings. The number of carbonyl (C=O) groups excluding carboxylic acids is 4. The average Bonchev–Trinajstić information content (AvgIpc) is 2.86. The minimum absolute atomic E-state index is 0.0167. The Labute approximate surface area is 226 Å². The highest BCUT2D eigenvalue weighted by Crippen LogP contribution is 2.10. The molecule has 0 radical (unpaired) electrons. The highest BCUT2D eigenvalue weighted by Gasteiger charge is 2.21. The van der Waals surface area contributed by atoms with Gasteiger partial charge in [-0.25, -0.2) is 4.79 Å². The number of hydrogen-bond acceptors (Lipinski definition) is 8. The molecule has 10 nitrogen and oxygen atoms in total. The lowest BCUT2D eigenvalue weighted by molar-refractivity contribution is -0.155. The Morgan fingerprint density at radius 1 is 0.921 bits per heavy atom. The Kier molecular flexibility index (Phi) is 16.6. The summed E-state index contributed by atoms with van der Waals surface area (Å²) in [6.07, 6.45) is 2.69. The van der Waals surface area contributed by atoms with Crippen LogP contribution in [0.25, 0.3) is 0 Å². The first-order chi connectivity index (χ1) is 18.1. The molecule has 2 amide bonds. The zero-order valence-electron chi connectivity index (χ0n) is 23.2. The molecule has 1 aromatic rings. The van der Waals surface area contributed by atoms with Crippen LogP contribution in [0.2, 0.25) is 0 Å². The number of hydrogen-bond donors (Lipinski definition) is 2. The molecule has 10 heteroatoms. The number of ether oxygens (including phenoxy) is 4. The molecule has 0 unspecified atom stereocenters. The zero-order chi connectivity index (χ0) is 28.2. The van der Waals surface area contributed by atoms with Crippen molar-refractivity contribution in [1.29, 1.82) is 0 Å². The SMILES string of the molecule is COCCOCC(=O)CCCCC[C@H](NC(=O)OCc1ccccc1)C(=O)NCCCC(=O)OC(C)(C)C. The maximum absolute atomic E-state index is 12.8. The van der Waals surface area contributed by atoms with Crippen molar-refractivity contribution in [2.75, 3.05) is 33.5 Å². The minimum atomic E-state index is -0.798. The summed E-state index contributed by atoms with van der Waals surface area (Å²) in [6.45, 7) is 6.64. The van der Waals surface area contributed by atoms with Crippen LogP contribution in [0.15, 0.2) is 30.3 Å². The van der Waals surface area contributed by atoms with Gasteiger partial charge in [0.1, 0.15) is 24.9 Å². The molecule has 0 fully saturated rings. The van der Waals surface area contributed by atoms with Crippen LogP contribution in [0.4, 0.5) is 4.79 Å². The highest BCUT2D eigenvalue weighted by molar-refractivity contribution is 5.85. The van der Waals surface area contributed by atoms with E-state index < -0.39 is 17.7 Å². The van der Waals surface area contributed by atoms with E-state index in [1.807, 2.05) is 30.3 Å². The largest absolute Gasteiger partial charge is 0.460 e. The fourth-order valence-electron chi connectivity index (χ4n) is 3.38. The molecule has 1 atom stereocenters. The number of Topliss-reactive ketones (excluding diaryl/α,β-unsaturated/α-hetero) is 1. The monoisotopic (exact) mass is 536 g/mol. The smallest absolute Gasteiger partial charge is 0.408 e. The van der Waals surface area contributed by atoms with Gasteiger partial charge in [-0.3, -0.25) is 14.4 Å². The lowest BCUT2D eigenvalue weighted by atomic mass is 10.1. The number of alkyl carbamates (subject to hydrolysis) is 1. The summed E-state index contributed by atoms with van der Waals surface area (Å²) in [7, 11) is 1.57. The molecule has 0 spiro atoms. The van der Waals surface area contributed by atoms with Crippen LogP contribution >= 0.6 is 0 Å². The number of ketones is 1. The quantitative estimate of drug-likeness (QED) is 0.202. The van der Waals surface area contributed by atoms with Crippen LogP contribution < -0.4 is 10.6 Å². The number of nitrogens with one attached hydrogen (secondary N) is 2. The molecular formula is C28H44N2O8. The first kappa shape index (κ1) is 33.0. The summed E-state index contributed by atoms with van der Waals surface area (Å²) in [5.41, 5.74) is 0.276. The summed E-state index contributed by atoms with van der Waals surface area (Å²) in [6, 6.07) is 8.45. The third-order valence-corrected chi connectivity index (χ3v) is 5.24. The molecule has 1 rings (SSSR count). The number of amides is 2.